The molecule has 2 aromatic rings. The second kappa shape index (κ2) is 8.77. The van der Waals surface area contributed by atoms with E-state index < -0.39 is 20.0 Å². The van der Waals surface area contributed by atoms with Gasteiger partial charge in [0.1, 0.15) is 0 Å². The summed E-state index contributed by atoms with van der Waals surface area (Å²) in [6.07, 6.45) is 0. The van der Waals surface area contributed by atoms with E-state index in [9.17, 15) is 16.8 Å². The smallest absolute Gasteiger partial charge is 0.212 e. The maximum absolute atomic E-state index is 12.1. The molecule has 2 rings (SSSR count). The van der Waals surface area contributed by atoms with Gasteiger partial charge in [-0.05, 0) is 30.5 Å². The van der Waals surface area contributed by atoms with Crippen LogP contribution in [0.25, 0.3) is 0 Å². The van der Waals surface area contributed by atoms with E-state index in [4.69, 9.17) is 0 Å². The summed E-state index contributed by atoms with van der Waals surface area (Å²) in [5, 5.41) is 0. The van der Waals surface area contributed by atoms with Gasteiger partial charge in [0.2, 0.25) is 20.0 Å². The molecule has 8 heteroatoms. The van der Waals surface area contributed by atoms with Gasteiger partial charge in [0.25, 0.3) is 0 Å². The van der Waals surface area contributed by atoms with Crippen molar-refractivity contribution < 1.29 is 16.8 Å². The van der Waals surface area contributed by atoms with Crippen molar-refractivity contribution >= 4 is 20.0 Å². The molecule has 26 heavy (non-hydrogen) atoms. The van der Waals surface area contributed by atoms with Crippen LogP contribution in [-0.2, 0) is 38.1 Å². The molecular weight excluding hydrogens is 372 g/mol. The third-order valence-electron chi connectivity index (χ3n) is 3.49. The first-order valence-corrected chi connectivity index (χ1v) is 11.5. The quantitative estimate of drug-likeness (QED) is 0.679. The minimum Gasteiger partial charge on any atom is -0.212 e. The highest BCUT2D eigenvalue weighted by atomic mass is 32.2. The molecule has 0 aromatic heterocycles. The van der Waals surface area contributed by atoms with Crippen molar-refractivity contribution in [1.82, 2.24) is 9.44 Å². The lowest BCUT2D eigenvalue weighted by Gasteiger charge is -2.10. The summed E-state index contributed by atoms with van der Waals surface area (Å²) in [4.78, 5) is 0. The largest absolute Gasteiger partial charge is 0.216 e. The van der Waals surface area contributed by atoms with E-state index in [0.29, 0.717) is 5.56 Å². The molecule has 0 bridgehead atoms. The van der Waals surface area contributed by atoms with Crippen LogP contribution in [0.15, 0.2) is 54.6 Å². The predicted molar refractivity (Wildman–Crippen MR) is 103 cm³/mol. The van der Waals surface area contributed by atoms with Crippen molar-refractivity contribution in [3.05, 3.63) is 71.3 Å². The molecule has 142 valence electrons. The Morgan fingerprint density at radius 2 is 1.23 bits per heavy atom. The Hall–Kier alpha value is -1.74. The first-order chi connectivity index (χ1) is 12.2. The Labute approximate surface area is 155 Å². The van der Waals surface area contributed by atoms with E-state index in [-0.39, 0.29) is 24.1 Å². The standard InChI is InChI=1S/C18H24N2O4S2/c1-15(2)20-26(23,24)14-18-10-8-16(9-11-18)12-19-25(21,22)13-17-6-4-3-5-7-17/h3-11,15,19-20H,12-14H2,1-2H3. The van der Waals surface area contributed by atoms with Crippen LogP contribution in [-0.4, -0.2) is 22.9 Å². The van der Waals surface area contributed by atoms with Gasteiger partial charge < -0.3 is 0 Å². The molecule has 0 saturated carbocycles. The van der Waals surface area contributed by atoms with Gasteiger partial charge in [-0.3, -0.25) is 0 Å². The topological polar surface area (TPSA) is 92.3 Å². The zero-order valence-corrected chi connectivity index (χ0v) is 16.5. The Bertz CT molecular complexity index is 907. The molecule has 0 aliphatic heterocycles. The molecule has 0 amide bonds. The minimum atomic E-state index is -3.44. The van der Waals surface area contributed by atoms with Crippen LogP contribution in [0.5, 0.6) is 0 Å². The van der Waals surface area contributed by atoms with Crippen molar-refractivity contribution in [2.24, 2.45) is 0 Å². The lowest BCUT2D eigenvalue weighted by atomic mass is 10.1. The molecule has 0 saturated heterocycles. The molecule has 0 unspecified atom stereocenters. The van der Waals surface area contributed by atoms with Gasteiger partial charge in [0.05, 0.1) is 11.5 Å². The van der Waals surface area contributed by atoms with E-state index in [1.807, 2.05) is 6.07 Å². The summed E-state index contributed by atoms with van der Waals surface area (Å²) in [5.74, 6) is -0.184. The Morgan fingerprint density at radius 3 is 1.81 bits per heavy atom. The molecule has 0 atom stereocenters. The number of rotatable bonds is 9. The highest BCUT2D eigenvalue weighted by Crippen LogP contribution is 2.10. The molecule has 6 nitrogen and oxygen atoms in total. The van der Waals surface area contributed by atoms with E-state index in [2.05, 4.69) is 9.44 Å². The maximum Gasteiger partial charge on any atom is 0.216 e. The Balaban J connectivity index is 1.93. The summed E-state index contributed by atoms with van der Waals surface area (Å²) >= 11 is 0. The molecule has 2 N–H and O–H groups in total. The first-order valence-electron chi connectivity index (χ1n) is 8.24. The van der Waals surface area contributed by atoms with Crippen LogP contribution in [0, 0.1) is 0 Å². The number of hydrogen-bond acceptors (Lipinski definition) is 4. The first kappa shape index (κ1) is 20.6. The predicted octanol–water partition coefficient (Wildman–Crippen LogP) is 2.13. The molecule has 2 aromatic carbocycles. The Morgan fingerprint density at radius 1 is 0.731 bits per heavy atom. The molecular formula is C18H24N2O4S2. The van der Waals surface area contributed by atoms with Gasteiger partial charge >= 0.3 is 0 Å². The SMILES string of the molecule is CC(C)NS(=O)(=O)Cc1ccc(CNS(=O)(=O)Cc2ccccc2)cc1. The highest BCUT2D eigenvalue weighted by molar-refractivity contribution is 7.88. The van der Waals surface area contributed by atoms with Crippen molar-refractivity contribution in [3.63, 3.8) is 0 Å². The highest BCUT2D eigenvalue weighted by Gasteiger charge is 2.14. The lowest BCUT2D eigenvalue weighted by Crippen LogP contribution is -2.31. The van der Waals surface area contributed by atoms with E-state index in [1.54, 1.807) is 62.4 Å². The third-order valence-corrected chi connectivity index (χ3v) is 6.33. The fourth-order valence-corrected chi connectivity index (χ4v) is 4.96. The van der Waals surface area contributed by atoms with Crippen LogP contribution in [0.3, 0.4) is 0 Å². The van der Waals surface area contributed by atoms with Crippen LogP contribution >= 0.6 is 0 Å². The summed E-state index contributed by atoms with van der Waals surface area (Å²) < 4.78 is 53.2. The summed E-state index contributed by atoms with van der Waals surface area (Å²) in [6.45, 7) is 3.69. The zero-order chi connectivity index (χ0) is 19.2. The minimum absolute atomic E-state index is 0.0783. The second-order valence-corrected chi connectivity index (χ2v) is 9.97. The molecule has 0 spiro atoms. The van der Waals surface area contributed by atoms with Crippen LogP contribution in [0.4, 0.5) is 0 Å². The van der Waals surface area contributed by atoms with E-state index in [1.165, 1.54) is 0 Å². The van der Waals surface area contributed by atoms with Gasteiger partial charge in [-0.15, -0.1) is 0 Å². The second-order valence-electron chi connectivity index (χ2n) is 6.41. The van der Waals surface area contributed by atoms with Gasteiger partial charge in [0, 0.05) is 12.6 Å². The normalized spacial score (nSPS) is 12.4. The molecule has 0 aliphatic carbocycles. The monoisotopic (exact) mass is 396 g/mol. The Kier molecular flexibility index (Phi) is 6.94. The summed E-state index contributed by atoms with van der Waals surface area (Å²) in [5.41, 5.74) is 2.13. The van der Waals surface area contributed by atoms with Crippen LogP contribution in [0.1, 0.15) is 30.5 Å². The fourth-order valence-electron chi connectivity index (χ4n) is 2.41. The molecule has 0 fully saturated rings. The van der Waals surface area contributed by atoms with E-state index in [0.717, 1.165) is 11.1 Å². The molecule has 0 heterocycles. The van der Waals surface area contributed by atoms with Gasteiger partial charge in [-0.1, -0.05) is 54.6 Å². The van der Waals surface area contributed by atoms with Gasteiger partial charge in [-0.2, -0.15) is 0 Å². The van der Waals surface area contributed by atoms with Crippen LogP contribution < -0.4 is 9.44 Å². The van der Waals surface area contributed by atoms with E-state index >= 15 is 0 Å². The molecule has 0 radical (unpaired) electrons. The van der Waals surface area contributed by atoms with Crippen LogP contribution in [0.2, 0.25) is 0 Å². The zero-order valence-electron chi connectivity index (χ0n) is 14.8. The van der Waals surface area contributed by atoms with Crippen molar-refractivity contribution in [1.29, 1.82) is 0 Å². The number of nitrogens with one attached hydrogen (secondary N) is 2. The third kappa shape index (κ3) is 7.25. The lowest BCUT2D eigenvalue weighted by molar-refractivity contribution is 0.569. The average molecular weight is 397 g/mol. The van der Waals surface area contributed by atoms with Gasteiger partial charge in [-0.25, -0.2) is 26.3 Å². The average Bonchev–Trinajstić information content (AvgIpc) is 2.53. The number of hydrogen-bond donors (Lipinski definition) is 2. The van der Waals surface area contributed by atoms with Crippen molar-refractivity contribution in [2.45, 2.75) is 37.9 Å². The molecule has 0 aliphatic rings. The van der Waals surface area contributed by atoms with Crippen molar-refractivity contribution in [3.8, 4) is 0 Å². The fraction of sp³-hybridized carbons (Fsp3) is 0.333. The number of sulfonamides is 2. The van der Waals surface area contributed by atoms with Crippen molar-refractivity contribution in [2.75, 3.05) is 0 Å². The summed E-state index contributed by atoms with van der Waals surface area (Å²) in [6, 6.07) is 15.6. The maximum atomic E-state index is 12.1. The number of benzene rings is 2. The summed E-state index contributed by atoms with van der Waals surface area (Å²) in [7, 11) is -6.82. The van der Waals surface area contributed by atoms with Gasteiger partial charge in [0.15, 0.2) is 0 Å².